The summed E-state index contributed by atoms with van der Waals surface area (Å²) in [6.45, 7) is 7.63. The van der Waals surface area contributed by atoms with Crippen LogP contribution in [0.5, 0.6) is 0 Å². The van der Waals surface area contributed by atoms with Gasteiger partial charge in [-0.15, -0.1) is 11.3 Å². The van der Waals surface area contributed by atoms with E-state index in [2.05, 4.69) is 33.9 Å². The van der Waals surface area contributed by atoms with Gasteiger partial charge < -0.3 is 10.2 Å². The van der Waals surface area contributed by atoms with Gasteiger partial charge in [0.15, 0.2) is 6.54 Å². The molecule has 0 fully saturated rings. The fourth-order valence-electron chi connectivity index (χ4n) is 2.25. The van der Waals surface area contributed by atoms with Gasteiger partial charge in [-0.2, -0.15) is 0 Å². The molecule has 3 nitrogen and oxygen atoms in total. The van der Waals surface area contributed by atoms with Gasteiger partial charge in [0, 0.05) is 0 Å². The van der Waals surface area contributed by atoms with Gasteiger partial charge in [-0.1, -0.05) is 24.2 Å². The minimum absolute atomic E-state index is 0.0526. The van der Waals surface area contributed by atoms with Crippen molar-refractivity contribution in [2.75, 3.05) is 18.4 Å². The van der Waals surface area contributed by atoms with Crippen LogP contribution < -0.4 is 10.2 Å². The number of hydrogen-bond acceptors (Lipinski definition) is 2. The third-order valence-corrected chi connectivity index (χ3v) is 5.23. The molecule has 0 spiro atoms. The Balaban J connectivity index is 1.98. The summed E-state index contributed by atoms with van der Waals surface area (Å²) >= 11 is 11.3. The van der Waals surface area contributed by atoms with Crippen molar-refractivity contribution in [3.8, 4) is 0 Å². The first-order valence-electron chi connectivity index (χ1n) is 7.22. The number of quaternary nitrogens is 1. The molecule has 0 aliphatic heterocycles. The predicted octanol–water partition coefficient (Wildman–Crippen LogP) is 3.68. The Labute approximate surface area is 154 Å². The number of carbonyl (C=O) groups excluding carboxylic acids is 1. The first-order chi connectivity index (χ1) is 11.0. The molecule has 6 heteroatoms. The molecule has 1 heterocycles. The van der Waals surface area contributed by atoms with E-state index in [0.29, 0.717) is 17.3 Å². The maximum absolute atomic E-state index is 12.3. The van der Waals surface area contributed by atoms with Gasteiger partial charge in [0.05, 0.1) is 25.9 Å². The summed E-state index contributed by atoms with van der Waals surface area (Å²) in [5.74, 6) is -0.0526. The summed E-state index contributed by atoms with van der Waals surface area (Å²) in [4.78, 5) is 14.7. The Bertz CT molecular complexity index is 702. The maximum atomic E-state index is 12.3. The van der Waals surface area contributed by atoms with Gasteiger partial charge in [0.1, 0.15) is 6.54 Å². The molecule has 1 atom stereocenters. The van der Waals surface area contributed by atoms with Crippen molar-refractivity contribution in [1.82, 2.24) is 0 Å². The molecule has 2 rings (SSSR count). The summed E-state index contributed by atoms with van der Waals surface area (Å²) < 4.78 is 1.10. The molecule has 0 bridgehead atoms. The van der Waals surface area contributed by atoms with Gasteiger partial charge in [-0.3, -0.25) is 4.79 Å². The van der Waals surface area contributed by atoms with E-state index in [1.807, 2.05) is 37.3 Å². The second-order valence-electron chi connectivity index (χ2n) is 5.33. The van der Waals surface area contributed by atoms with Gasteiger partial charge >= 0.3 is 0 Å². The van der Waals surface area contributed by atoms with E-state index in [-0.39, 0.29) is 5.91 Å². The fourth-order valence-corrected chi connectivity index (χ4v) is 4.08. The Morgan fingerprint density at radius 3 is 2.83 bits per heavy atom. The highest BCUT2D eigenvalue weighted by Crippen LogP contribution is 2.22. The average molecular weight is 415 g/mol. The van der Waals surface area contributed by atoms with Crippen LogP contribution in [0.1, 0.15) is 10.4 Å². The van der Waals surface area contributed by atoms with E-state index >= 15 is 0 Å². The van der Waals surface area contributed by atoms with Crippen LogP contribution in [0, 0.1) is 6.92 Å². The van der Waals surface area contributed by atoms with Crippen LogP contribution in [0.3, 0.4) is 0 Å². The zero-order valence-corrected chi connectivity index (χ0v) is 16.0. The van der Waals surface area contributed by atoms with Crippen LogP contribution >= 0.6 is 38.9 Å². The largest absolute Gasteiger partial charge is 0.320 e. The molecule has 1 amide bonds. The van der Waals surface area contributed by atoms with Crippen molar-refractivity contribution < 1.29 is 9.69 Å². The molecule has 0 saturated carbocycles. The first kappa shape index (κ1) is 18.2. The molecule has 23 heavy (non-hydrogen) atoms. The van der Waals surface area contributed by atoms with Gasteiger partial charge in [-0.25, -0.2) is 0 Å². The van der Waals surface area contributed by atoms with E-state index in [1.54, 1.807) is 11.3 Å². The summed E-state index contributed by atoms with van der Waals surface area (Å²) in [7, 11) is 0. The first-order valence-corrected chi connectivity index (χ1v) is 9.21. The van der Waals surface area contributed by atoms with Crippen molar-refractivity contribution >= 4 is 50.5 Å². The van der Waals surface area contributed by atoms with Crippen LogP contribution in [-0.2, 0) is 11.3 Å². The third kappa shape index (κ3) is 5.77. The Hall–Kier alpha value is -1.14. The molecule has 0 saturated heterocycles. The normalized spacial score (nSPS) is 12.0. The van der Waals surface area contributed by atoms with Crippen LogP contribution in [0.25, 0.3) is 0 Å². The van der Waals surface area contributed by atoms with E-state index in [4.69, 9.17) is 11.6 Å². The lowest BCUT2D eigenvalue weighted by atomic mass is 10.2. The molecule has 0 radical (unpaired) electrons. The molecule has 2 N–H and O–H groups in total. The van der Waals surface area contributed by atoms with E-state index in [1.165, 1.54) is 4.88 Å². The lowest BCUT2D eigenvalue weighted by Gasteiger charge is -2.17. The Morgan fingerprint density at radius 1 is 1.43 bits per heavy atom. The highest BCUT2D eigenvalue weighted by atomic mass is 79.9. The van der Waals surface area contributed by atoms with Crippen molar-refractivity contribution in [3.63, 3.8) is 0 Å². The van der Waals surface area contributed by atoms with Gasteiger partial charge in [-0.05, 0) is 58.8 Å². The number of hydrogen-bond donors (Lipinski definition) is 2. The number of benzene rings is 1. The summed E-state index contributed by atoms with van der Waals surface area (Å²) in [6, 6.07) is 9.71. The monoisotopic (exact) mass is 413 g/mol. The maximum Gasteiger partial charge on any atom is 0.279 e. The number of rotatable bonds is 7. The number of carbonyl (C=O) groups is 1. The minimum atomic E-state index is -0.0526. The quantitative estimate of drug-likeness (QED) is 0.666. The topological polar surface area (TPSA) is 33.5 Å². The van der Waals surface area contributed by atoms with Crippen LogP contribution in [0.4, 0.5) is 5.69 Å². The fraction of sp³-hybridized carbons (Fsp3) is 0.235. The third-order valence-electron chi connectivity index (χ3n) is 3.30. The molecule has 0 aliphatic carbocycles. The highest BCUT2D eigenvalue weighted by molar-refractivity contribution is 9.11. The molecule has 122 valence electrons. The summed E-state index contributed by atoms with van der Waals surface area (Å²) in [6.07, 6.45) is 1.84. The number of nitrogens with one attached hydrogen (secondary N) is 2. The zero-order valence-electron chi connectivity index (χ0n) is 12.9. The summed E-state index contributed by atoms with van der Waals surface area (Å²) in [5.41, 5.74) is 1.72. The molecule has 1 unspecified atom stereocenters. The van der Waals surface area contributed by atoms with Crippen molar-refractivity contribution in [2.45, 2.75) is 13.5 Å². The number of halogens is 2. The van der Waals surface area contributed by atoms with Crippen molar-refractivity contribution in [3.05, 3.63) is 62.2 Å². The van der Waals surface area contributed by atoms with Crippen molar-refractivity contribution in [2.24, 2.45) is 0 Å². The highest BCUT2D eigenvalue weighted by Gasteiger charge is 2.16. The summed E-state index contributed by atoms with van der Waals surface area (Å²) in [5, 5.41) is 3.45. The zero-order chi connectivity index (χ0) is 16.8. The standard InChI is InChI=1S/C17H18BrClN2OS/c1-3-8-21(10-13-5-7-16(18)23-13)11-17(22)20-15-6-4-12(2)9-14(15)19/h3-7,9H,1,8,10-11H2,2H3,(H,20,22)/p+1. The molecule has 0 aliphatic rings. The smallest absolute Gasteiger partial charge is 0.279 e. The minimum Gasteiger partial charge on any atom is -0.320 e. The van der Waals surface area contributed by atoms with Crippen molar-refractivity contribution in [1.29, 1.82) is 0 Å². The second-order valence-corrected chi connectivity index (χ2v) is 8.29. The van der Waals surface area contributed by atoms with Crippen LogP contribution in [0.2, 0.25) is 5.02 Å². The molecule has 1 aromatic carbocycles. The van der Waals surface area contributed by atoms with E-state index in [0.717, 1.165) is 27.3 Å². The SMILES string of the molecule is C=CC[NH+](CC(=O)Nc1ccc(C)cc1Cl)Cc1ccc(Br)s1. The van der Waals surface area contributed by atoms with Crippen LogP contribution in [-0.4, -0.2) is 19.0 Å². The van der Waals surface area contributed by atoms with Crippen LogP contribution in [0.15, 0.2) is 46.8 Å². The number of amides is 1. The van der Waals surface area contributed by atoms with E-state index < -0.39 is 0 Å². The molecule has 2 aromatic rings. The Morgan fingerprint density at radius 2 is 2.22 bits per heavy atom. The molecular formula is C17H19BrClN2OS+. The lowest BCUT2D eigenvalue weighted by Crippen LogP contribution is -3.11. The predicted molar refractivity (Wildman–Crippen MR) is 101 cm³/mol. The van der Waals surface area contributed by atoms with Gasteiger partial charge in [0.25, 0.3) is 5.91 Å². The molecule has 1 aromatic heterocycles. The number of aryl methyl sites for hydroxylation is 1. The number of thiophene rings is 1. The van der Waals surface area contributed by atoms with E-state index in [9.17, 15) is 4.79 Å². The molecular weight excluding hydrogens is 396 g/mol. The second kappa shape index (κ2) is 8.64. The Kier molecular flexibility index (Phi) is 6.84. The van der Waals surface area contributed by atoms with Gasteiger partial charge in [0.2, 0.25) is 0 Å². The number of anilines is 1. The lowest BCUT2D eigenvalue weighted by molar-refractivity contribution is -0.899. The average Bonchev–Trinajstić information content (AvgIpc) is 2.87.